The molecule has 0 unspecified atom stereocenters. The summed E-state index contributed by atoms with van der Waals surface area (Å²) in [5, 5.41) is 11.7. The van der Waals surface area contributed by atoms with Crippen LogP contribution < -0.4 is 5.32 Å². The fourth-order valence-corrected chi connectivity index (χ4v) is 2.81. The van der Waals surface area contributed by atoms with E-state index in [0.717, 1.165) is 18.4 Å². The monoisotopic (exact) mass is 337 g/mol. The molecule has 2 aromatic carbocycles. The zero-order chi connectivity index (χ0) is 17.8. The van der Waals surface area contributed by atoms with Crippen LogP contribution in [0.15, 0.2) is 48.5 Å². The molecule has 1 amide bonds. The molecule has 5 heteroatoms. The van der Waals surface area contributed by atoms with Crippen LogP contribution in [0.25, 0.3) is 0 Å². The second-order valence-corrected chi connectivity index (χ2v) is 6.38. The van der Waals surface area contributed by atoms with Crippen LogP contribution >= 0.6 is 0 Å². The normalized spacial score (nSPS) is 14.8. The van der Waals surface area contributed by atoms with Crippen LogP contribution in [0.3, 0.4) is 0 Å². The highest BCUT2D eigenvalue weighted by Crippen LogP contribution is 2.30. The van der Waals surface area contributed by atoms with Gasteiger partial charge in [0, 0.05) is 18.3 Å². The summed E-state index contributed by atoms with van der Waals surface area (Å²) in [5.41, 5.74) is 2.22. The maximum Gasteiger partial charge on any atom is 0.241 e. The molecule has 4 nitrogen and oxygen atoms in total. The van der Waals surface area contributed by atoms with Crippen LogP contribution in [0, 0.1) is 17.1 Å². The lowest BCUT2D eigenvalue weighted by Crippen LogP contribution is -2.43. The van der Waals surface area contributed by atoms with E-state index in [1.54, 1.807) is 36.4 Å². The fraction of sp³-hybridized carbons (Fsp3) is 0.300. The maximum absolute atomic E-state index is 13.1. The van der Waals surface area contributed by atoms with Crippen molar-refractivity contribution >= 4 is 11.6 Å². The molecule has 0 saturated heterocycles. The summed E-state index contributed by atoms with van der Waals surface area (Å²) in [4.78, 5) is 14.8. The van der Waals surface area contributed by atoms with Gasteiger partial charge in [-0.1, -0.05) is 12.1 Å². The Kier molecular flexibility index (Phi) is 5.11. The summed E-state index contributed by atoms with van der Waals surface area (Å²) in [6, 6.07) is 15.4. The van der Waals surface area contributed by atoms with Crippen LogP contribution in [0.2, 0.25) is 0 Å². The fourth-order valence-electron chi connectivity index (χ4n) is 2.81. The van der Waals surface area contributed by atoms with Gasteiger partial charge in [-0.15, -0.1) is 0 Å². The highest BCUT2D eigenvalue weighted by atomic mass is 19.1. The second kappa shape index (κ2) is 7.45. The zero-order valence-corrected chi connectivity index (χ0v) is 14.1. The Morgan fingerprint density at radius 1 is 1.24 bits per heavy atom. The number of hydrogen-bond acceptors (Lipinski definition) is 3. The van der Waals surface area contributed by atoms with Gasteiger partial charge in [0.1, 0.15) is 5.82 Å². The molecule has 0 aliphatic heterocycles. The van der Waals surface area contributed by atoms with Gasteiger partial charge < -0.3 is 5.32 Å². The standard InChI is InChI=1S/C20H20FN3O/c1-14(20(25)23-18-8-4-15(12-22)5-9-18)24(19-10-11-19)13-16-2-6-17(21)7-3-16/h2-9,14,19H,10-11,13H2,1H3,(H,23,25)/t14-/m1/s1. The zero-order valence-electron chi connectivity index (χ0n) is 14.1. The third-order valence-corrected chi connectivity index (χ3v) is 4.45. The topological polar surface area (TPSA) is 56.1 Å². The molecule has 1 saturated carbocycles. The Morgan fingerprint density at radius 3 is 2.44 bits per heavy atom. The average Bonchev–Trinajstić information content (AvgIpc) is 3.46. The predicted molar refractivity (Wildman–Crippen MR) is 94.2 cm³/mol. The van der Waals surface area contributed by atoms with Crippen molar-refractivity contribution in [2.24, 2.45) is 0 Å². The lowest BCUT2D eigenvalue weighted by molar-refractivity contribution is -0.121. The molecule has 1 atom stereocenters. The summed E-state index contributed by atoms with van der Waals surface area (Å²) in [5.74, 6) is -0.341. The first-order valence-electron chi connectivity index (χ1n) is 8.38. The van der Waals surface area contributed by atoms with E-state index in [-0.39, 0.29) is 17.8 Å². The van der Waals surface area contributed by atoms with Crippen LogP contribution in [-0.2, 0) is 11.3 Å². The molecule has 25 heavy (non-hydrogen) atoms. The first kappa shape index (κ1) is 17.1. The summed E-state index contributed by atoms with van der Waals surface area (Å²) in [6.45, 7) is 2.51. The summed E-state index contributed by atoms with van der Waals surface area (Å²) in [7, 11) is 0. The quantitative estimate of drug-likeness (QED) is 0.875. The minimum absolute atomic E-state index is 0.0845. The second-order valence-electron chi connectivity index (χ2n) is 6.38. The molecular weight excluding hydrogens is 317 g/mol. The average molecular weight is 337 g/mol. The summed E-state index contributed by atoms with van der Waals surface area (Å²) >= 11 is 0. The number of carbonyl (C=O) groups is 1. The minimum Gasteiger partial charge on any atom is -0.325 e. The van der Waals surface area contributed by atoms with Crippen molar-refractivity contribution in [1.82, 2.24) is 4.90 Å². The first-order chi connectivity index (χ1) is 12.1. The van der Waals surface area contributed by atoms with Crippen molar-refractivity contribution in [3.63, 3.8) is 0 Å². The van der Waals surface area contributed by atoms with Crippen molar-refractivity contribution in [1.29, 1.82) is 5.26 Å². The Labute approximate surface area is 146 Å². The van der Waals surface area contributed by atoms with Gasteiger partial charge in [0.2, 0.25) is 5.91 Å². The lowest BCUT2D eigenvalue weighted by atomic mass is 10.1. The van der Waals surface area contributed by atoms with Crippen LogP contribution in [0.1, 0.15) is 30.9 Å². The SMILES string of the molecule is C[C@H](C(=O)Nc1ccc(C#N)cc1)N(Cc1ccc(F)cc1)C1CC1. The van der Waals surface area contributed by atoms with E-state index in [1.165, 1.54) is 12.1 Å². The highest BCUT2D eigenvalue weighted by Gasteiger charge is 2.35. The van der Waals surface area contributed by atoms with Crippen molar-refractivity contribution in [2.45, 2.75) is 38.4 Å². The number of benzene rings is 2. The molecule has 0 radical (unpaired) electrons. The number of halogens is 1. The van der Waals surface area contributed by atoms with E-state index in [0.29, 0.717) is 23.8 Å². The molecule has 2 aromatic rings. The van der Waals surface area contributed by atoms with Crippen molar-refractivity contribution < 1.29 is 9.18 Å². The largest absolute Gasteiger partial charge is 0.325 e. The lowest BCUT2D eigenvalue weighted by Gasteiger charge is -2.28. The Hall–Kier alpha value is -2.71. The number of nitriles is 1. The number of anilines is 1. The van der Waals surface area contributed by atoms with Crippen molar-refractivity contribution in [3.05, 3.63) is 65.5 Å². The van der Waals surface area contributed by atoms with Crippen molar-refractivity contribution in [2.75, 3.05) is 5.32 Å². The smallest absolute Gasteiger partial charge is 0.241 e. The van der Waals surface area contributed by atoms with E-state index in [1.807, 2.05) is 6.92 Å². The molecule has 0 heterocycles. The number of carbonyl (C=O) groups excluding carboxylic acids is 1. The van der Waals surface area contributed by atoms with E-state index < -0.39 is 0 Å². The van der Waals surface area contributed by atoms with Gasteiger partial charge in [-0.05, 0) is 61.7 Å². The Balaban J connectivity index is 1.67. The summed E-state index contributed by atoms with van der Waals surface area (Å²) in [6.07, 6.45) is 2.16. The number of nitrogens with zero attached hydrogens (tertiary/aromatic N) is 2. The molecular formula is C20H20FN3O. The molecule has 1 aliphatic rings. The van der Waals surface area contributed by atoms with E-state index in [4.69, 9.17) is 5.26 Å². The Morgan fingerprint density at radius 2 is 1.88 bits per heavy atom. The number of amides is 1. The van der Waals surface area contributed by atoms with Gasteiger partial charge >= 0.3 is 0 Å². The third kappa shape index (κ3) is 4.43. The van der Waals surface area contributed by atoms with Crippen LogP contribution in [0.4, 0.5) is 10.1 Å². The first-order valence-corrected chi connectivity index (χ1v) is 8.38. The molecule has 1 fully saturated rings. The van der Waals surface area contributed by atoms with Crippen LogP contribution in [0.5, 0.6) is 0 Å². The molecule has 128 valence electrons. The summed E-state index contributed by atoms with van der Waals surface area (Å²) < 4.78 is 13.1. The van der Waals surface area contributed by atoms with Crippen LogP contribution in [-0.4, -0.2) is 22.9 Å². The number of rotatable bonds is 6. The van der Waals surface area contributed by atoms with E-state index >= 15 is 0 Å². The van der Waals surface area contributed by atoms with E-state index in [9.17, 15) is 9.18 Å². The molecule has 1 aliphatic carbocycles. The van der Waals surface area contributed by atoms with Crippen molar-refractivity contribution in [3.8, 4) is 6.07 Å². The van der Waals surface area contributed by atoms with Gasteiger partial charge in [0.15, 0.2) is 0 Å². The highest BCUT2D eigenvalue weighted by molar-refractivity contribution is 5.94. The van der Waals surface area contributed by atoms with Gasteiger partial charge in [-0.25, -0.2) is 4.39 Å². The molecule has 0 bridgehead atoms. The third-order valence-electron chi connectivity index (χ3n) is 4.45. The van der Waals surface area contributed by atoms with E-state index in [2.05, 4.69) is 16.3 Å². The molecule has 1 N–H and O–H groups in total. The predicted octanol–water partition coefficient (Wildman–Crippen LogP) is 3.69. The Bertz CT molecular complexity index is 776. The van der Waals surface area contributed by atoms with Gasteiger partial charge in [0.05, 0.1) is 17.7 Å². The minimum atomic E-state index is -0.298. The number of hydrogen-bond donors (Lipinski definition) is 1. The van der Waals surface area contributed by atoms with Gasteiger partial charge in [0.25, 0.3) is 0 Å². The molecule has 0 aromatic heterocycles. The van der Waals surface area contributed by atoms with Gasteiger partial charge in [-0.2, -0.15) is 5.26 Å². The van der Waals surface area contributed by atoms with Gasteiger partial charge in [-0.3, -0.25) is 9.69 Å². The molecule has 3 rings (SSSR count). The number of nitrogens with one attached hydrogen (secondary N) is 1. The molecule has 0 spiro atoms. The maximum atomic E-state index is 13.1.